The molecule has 2 rings (SSSR count). The maximum atomic E-state index is 13.3. The smallest absolute Gasteiger partial charge is 0.416 e. The number of hydrogen-bond acceptors (Lipinski definition) is 6. The van der Waals surface area contributed by atoms with Gasteiger partial charge in [0.15, 0.2) is 5.60 Å². The Kier molecular flexibility index (Phi) is 8.72. The van der Waals surface area contributed by atoms with E-state index in [1.54, 1.807) is 39.0 Å². The predicted octanol–water partition coefficient (Wildman–Crippen LogP) is 4.17. The van der Waals surface area contributed by atoms with Crippen molar-refractivity contribution in [3.05, 3.63) is 29.6 Å². The standard InChI is InChI=1S/C22H32F5N5O3/c1-19(2,3)35-18(33)32-16(10-34-20(4,5)22(25,26)27)17-30-14-7-6-13(8-15(14)31-17)9-29-12-21(23,24)11-28/h6-8,16,29H,9-12,28H2,1-5H3,(H,30,31)(H,32,33)/t16-/m0/s1. The molecule has 1 heterocycles. The van der Waals surface area contributed by atoms with Crippen molar-refractivity contribution in [1.29, 1.82) is 0 Å². The molecule has 0 aliphatic heterocycles. The van der Waals surface area contributed by atoms with Crippen LogP contribution < -0.4 is 16.4 Å². The molecule has 13 heteroatoms. The number of rotatable bonds is 10. The average Bonchev–Trinajstić information content (AvgIpc) is 3.12. The summed E-state index contributed by atoms with van der Waals surface area (Å²) in [4.78, 5) is 19.6. The van der Waals surface area contributed by atoms with Crippen LogP contribution in [0.5, 0.6) is 0 Å². The molecule has 0 saturated heterocycles. The molecule has 8 nitrogen and oxygen atoms in total. The number of nitrogens with zero attached hydrogens (tertiary/aromatic N) is 1. The molecule has 1 atom stereocenters. The van der Waals surface area contributed by atoms with Crippen LogP contribution in [-0.2, 0) is 16.0 Å². The third kappa shape index (κ3) is 8.58. The molecule has 0 aliphatic carbocycles. The molecular weight excluding hydrogens is 477 g/mol. The Labute approximate surface area is 200 Å². The number of aromatic amines is 1. The lowest BCUT2D eigenvalue weighted by molar-refractivity contribution is -0.265. The van der Waals surface area contributed by atoms with E-state index >= 15 is 0 Å². The second kappa shape index (κ2) is 10.6. The highest BCUT2D eigenvalue weighted by atomic mass is 19.4. The highest BCUT2D eigenvalue weighted by Gasteiger charge is 2.49. The number of nitrogens with one attached hydrogen (secondary N) is 3. The van der Waals surface area contributed by atoms with Crippen molar-refractivity contribution in [3.8, 4) is 0 Å². The van der Waals surface area contributed by atoms with E-state index in [0.29, 0.717) is 16.6 Å². The van der Waals surface area contributed by atoms with Gasteiger partial charge in [0.05, 0.1) is 30.7 Å². The van der Waals surface area contributed by atoms with Crippen LogP contribution >= 0.6 is 0 Å². The number of H-pyrrole nitrogens is 1. The topological polar surface area (TPSA) is 114 Å². The van der Waals surface area contributed by atoms with Gasteiger partial charge in [-0.15, -0.1) is 0 Å². The molecule has 0 fully saturated rings. The molecule has 1 aromatic carbocycles. The molecule has 0 saturated carbocycles. The Bertz CT molecular complexity index is 1000. The third-order valence-electron chi connectivity index (χ3n) is 4.89. The van der Waals surface area contributed by atoms with Crippen molar-refractivity contribution < 1.29 is 36.2 Å². The Hall–Kier alpha value is -2.51. The van der Waals surface area contributed by atoms with E-state index in [4.69, 9.17) is 15.2 Å². The predicted molar refractivity (Wildman–Crippen MR) is 120 cm³/mol. The van der Waals surface area contributed by atoms with E-state index in [0.717, 1.165) is 13.8 Å². The van der Waals surface area contributed by atoms with E-state index in [1.165, 1.54) is 0 Å². The van der Waals surface area contributed by atoms with Gasteiger partial charge in [-0.1, -0.05) is 6.07 Å². The minimum atomic E-state index is -4.64. The van der Waals surface area contributed by atoms with Crippen LogP contribution in [0.1, 0.15) is 52.0 Å². The van der Waals surface area contributed by atoms with Crippen LogP contribution in [-0.4, -0.2) is 59.1 Å². The van der Waals surface area contributed by atoms with E-state index in [2.05, 4.69) is 20.6 Å². The van der Waals surface area contributed by atoms with Crippen molar-refractivity contribution >= 4 is 17.1 Å². The molecule has 0 aliphatic rings. The molecule has 0 bridgehead atoms. The number of hydrogen-bond donors (Lipinski definition) is 4. The van der Waals surface area contributed by atoms with Crippen molar-refractivity contribution in [2.75, 3.05) is 19.7 Å². The largest absolute Gasteiger partial charge is 0.444 e. The number of alkyl carbamates (subject to hydrolysis) is 1. The van der Waals surface area contributed by atoms with Gasteiger partial charge in [-0.05, 0) is 52.3 Å². The number of halogens is 5. The lowest BCUT2D eigenvalue weighted by Crippen LogP contribution is -2.45. The molecule has 1 amide bonds. The maximum absolute atomic E-state index is 13.3. The van der Waals surface area contributed by atoms with Gasteiger partial charge in [0, 0.05) is 6.54 Å². The van der Waals surface area contributed by atoms with E-state index in [9.17, 15) is 26.7 Å². The summed E-state index contributed by atoms with van der Waals surface area (Å²) >= 11 is 0. The number of carbonyl (C=O) groups is 1. The van der Waals surface area contributed by atoms with Crippen molar-refractivity contribution in [3.63, 3.8) is 0 Å². The van der Waals surface area contributed by atoms with Crippen molar-refractivity contribution in [2.24, 2.45) is 5.73 Å². The summed E-state index contributed by atoms with van der Waals surface area (Å²) in [6.07, 6.45) is -5.50. The van der Waals surface area contributed by atoms with Gasteiger partial charge in [0.2, 0.25) is 0 Å². The second-order valence-corrected chi connectivity index (χ2v) is 9.66. The number of ether oxygens (including phenoxy) is 2. The van der Waals surface area contributed by atoms with E-state index in [1.807, 2.05) is 0 Å². The maximum Gasteiger partial charge on any atom is 0.416 e. The number of aromatic nitrogens is 2. The molecule has 0 unspecified atom stereocenters. The Morgan fingerprint density at radius 3 is 2.37 bits per heavy atom. The summed E-state index contributed by atoms with van der Waals surface area (Å²) in [5.41, 5.74) is 3.32. The van der Waals surface area contributed by atoms with Crippen LogP contribution in [0.25, 0.3) is 11.0 Å². The molecule has 2 aromatic rings. The van der Waals surface area contributed by atoms with E-state index < -0.39 is 55.1 Å². The van der Waals surface area contributed by atoms with Crippen LogP contribution in [0.4, 0.5) is 26.7 Å². The average molecular weight is 510 g/mol. The van der Waals surface area contributed by atoms with Gasteiger partial charge in [-0.2, -0.15) is 13.2 Å². The highest BCUT2D eigenvalue weighted by Crippen LogP contribution is 2.33. The van der Waals surface area contributed by atoms with Gasteiger partial charge in [0.1, 0.15) is 17.5 Å². The minimum Gasteiger partial charge on any atom is -0.444 e. The van der Waals surface area contributed by atoms with Gasteiger partial charge >= 0.3 is 12.3 Å². The summed E-state index contributed by atoms with van der Waals surface area (Å²) in [7, 11) is 0. The monoisotopic (exact) mass is 509 g/mol. The molecule has 1 aromatic heterocycles. The lowest BCUT2D eigenvalue weighted by Gasteiger charge is -2.30. The SMILES string of the molecule is CC(C)(C)OC(=O)N[C@@H](COC(C)(C)C(F)(F)F)c1nc2ccc(CNCC(F)(F)CN)cc2[nH]1. The first kappa shape index (κ1) is 28.7. The zero-order chi connectivity index (χ0) is 26.7. The van der Waals surface area contributed by atoms with Gasteiger partial charge in [-0.3, -0.25) is 0 Å². The number of amides is 1. The highest BCUT2D eigenvalue weighted by molar-refractivity contribution is 5.76. The Balaban J connectivity index is 2.24. The molecule has 0 spiro atoms. The summed E-state index contributed by atoms with van der Waals surface area (Å²) in [5, 5.41) is 5.11. The van der Waals surface area contributed by atoms with Crippen molar-refractivity contribution in [1.82, 2.24) is 20.6 Å². The number of fused-ring (bicyclic) bond motifs is 1. The zero-order valence-corrected chi connectivity index (χ0v) is 20.3. The summed E-state index contributed by atoms with van der Waals surface area (Å²) in [6, 6.07) is 3.85. The van der Waals surface area contributed by atoms with Gasteiger partial charge < -0.3 is 30.8 Å². The van der Waals surface area contributed by atoms with Crippen LogP contribution in [0.3, 0.4) is 0 Å². The number of benzene rings is 1. The normalized spacial score (nSPS) is 14.3. The second-order valence-electron chi connectivity index (χ2n) is 9.66. The molecule has 35 heavy (non-hydrogen) atoms. The number of alkyl halides is 5. The lowest BCUT2D eigenvalue weighted by atomic mass is 10.1. The third-order valence-corrected chi connectivity index (χ3v) is 4.89. The number of carbonyl (C=O) groups excluding carboxylic acids is 1. The zero-order valence-electron chi connectivity index (χ0n) is 20.3. The summed E-state index contributed by atoms with van der Waals surface area (Å²) in [5.74, 6) is -2.89. The minimum absolute atomic E-state index is 0.127. The Morgan fingerprint density at radius 2 is 1.80 bits per heavy atom. The van der Waals surface area contributed by atoms with Gasteiger partial charge in [-0.25, -0.2) is 18.6 Å². The van der Waals surface area contributed by atoms with E-state index in [-0.39, 0.29) is 12.4 Å². The number of imidazole rings is 1. The quantitative estimate of drug-likeness (QED) is 0.358. The molecule has 198 valence electrons. The molecule has 0 radical (unpaired) electrons. The molecular formula is C22H32F5N5O3. The van der Waals surface area contributed by atoms with Gasteiger partial charge in [0.25, 0.3) is 5.92 Å². The van der Waals surface area contributed by atoms with Crippen molar-refractivity contribution in [2.45, 2.75) is 70.5 Å². The molecule has 5 N–H and O–H groups in total. The fourth-order valence-corrected chi connectivity index (χ4v) is 2.83. The van der Waals surface area contributed by atoms with Crippen LogP contribution in [0, 0.1) is 0 Å². The first-order valence-corrected chi connectivity index (χ1v) is 10.9. The first-order chi connectivity index (χ1) is 15.9. The fraction of sp³-hybridized carbons (Fsp3) is 0.636. The van der Waals surface area contributed by atoms with Crippen LogP contribution in [0.2, 0.25) is 0 Å². The summed E-state index contributed by atoms with van der Waals surface area (Å²) in [6.45, 7) is 4.90. The first-order valence-electron chi connectivity index (χ1n) is 10.9. The summed E-state index contributed by atoms with van der Waals surface area (Å²) < 4.78 is 76.7. The number of nitrogens with two attached hydrogens (primary N) is 1. The Morgan fingerprint density at radius 1 is 1.14 bits per heavy atom. The van der Waals surface area contributed by atoms with Crippen LogP contribution in [0.15, 0.2) is 18.2 Å². The fourth-order valence-electron chi connectivity index (χ4n) is 2.83.